The lowest BCUT2D eigenvalue weighted by atomic mass is 10.5. The number of halogens is 22. The summed E-state index contributed by atoms with van der Waals surface area (Å²) in [5.41, 5.74) is 0. The number of aliphatic hydroxyl groups excluding tert-OH is 2. The van der Waals surface area contributed by atoms with Gasteiger partial charge in [-0.15, -0.1) is 26.3 Å². The first-order valence-electron chi connectivity index (χ1n) is 9.10. The Balaban J connectivity index is 5.93. The Bertz CT molecular complexity index is 956. The molecule has 0 aromatic heterocycles. The van der Waals surface area contributed by atoms with Crippen molar-refractivity contribution in [3.63, 3.8) is 0 Å². The third-order valence-electron chi connectivity index (χ3n) is 3.17. The minimum Gasteiger partial charge on any atom is -0.387 e. The summed E-state index contributed by atoms with van der Waals surface area (Å²) in [5, 5.41) is 15.8. The van der Waals surface area contributed by atoms with Crippen molar-refractivity contribution in [3.8, 4) is 0 Å². The van der Waals surface area contributed by atoms with E-state index >= 15 is 0 Å². The van der Waals surface area contributed by atoms with E-state index in [9.17, 15) is 96.6 Å². The molecule has 44 heavy (non-hydrogen) atoms. The van der Waals surface area contributed by atoms with Crippen molar-refractivity contribution in [1.29, 1.82) is 0 Å². The number of alkyl halides is 22. The first kappa shape index (κ1) is 42.1. The second-order valence-electron chi connectivity index (χ2n) is 6.80. The molecule has 0 radical (unpaired) electrons. The Morgan fingerprint density at radius 2 is 0.477 bits per heavy atom. The maximum atomic E-state index is 13.3. The molecule has 0 unspecified atom stereocenters. The molecule has 0 aliphatic heterocycles. The van der Waals surface area contributed by atoms with E-state index in [1.54, 1.807) is 9.47 Å². The SMILES string of the molecule is OCC(F)(F)OC(F)(F)OC(F)(F)OC(F)(F)OC(F)(F)C(F)(F)OC(F)(F)C(F)(F)OC(F)(F)C(F)(F)OC(F)(F)CO. The molecule has 31 heteroatoms. The fourth-order valence-electron chi connectivity index (χ4n) is 1.59. The van der Waals surface area contributed by atoms with E-state index in [1.807, 2.05) is 4.74 Å². The van der Waals surface area contributed by atoms with E-state index in [2.05, 4.69) is 4.74 Å². The van der Waals surface area contributed by atoms with Crippen LogP contribution in [0.15, 0.2) is 0 Å². The summed E-state index contributed by atoms with van der Waals surface area (Å²) in [6, 6.07) is 0. The van der Waals surface area contributed by atoms with Gasteiger partial charge in [0.05, 0.1) is 0 Å². The molecule has 0 atom stereocenters. The van der Waals surface area contributed by atoms with Gasteiger partial charge >= 0.3 is 67.8 Å². The van der Waals surface area contributed by atoms with E-state index < -0.39 is 81.0 Å². The van der Waals surface area contributed by atoms with Crippen molar-refractivity contribution < 1.29 is 140 Å². The molecular formula is C13H6F22O9. The second-order valence-corrected chi connectivity index (χ2v) is 6.80. The van der Waals surface area contributed by atoms with Crippen LogP contribution < -0.4 is 0 Å². The van der Waals surface area contributed by atoms with Crippen LogP contribution in [0.25, 0.3) is 0 Å². The van der Waals surface area contributed by atoms with Crippen LogP contribution in [-0.4, -0.2) is 91.2 Å². The van der Waals surface area contributed by atoms with E-state index in [1.165, 1.54) is 14.2 Å². The Kier molecular flexibility index (Phi) is 11.8. The Labute approximate surface area is 222 Å². The van der Waals surface area contributed by atoms with E-state index in [0.29, 0.717) is 0 Å². The number of hydrogen-bond donors (Lipinski definition) is 2. The highest BCUT2D eigenvalue weighted by molar-refractivity contribution is 4.79. The summed E-state index contributed by atoms with van der Waals surface area (Å²) >= 11 is 0. The average Bonchev–Trinajstić information content (AvgIpc) is 2.67. The predicted molar refractivity (Wildman–Crippen MR) is 76.2 cm³/mol. The number of aliphatic hydroxyl groups is 2. The summed E-state index contributed by atoms with van der Waals surface area (Å²) in [7, 11) is 0. The van der Waals surface area contributed by atoms with Crippen molar-refractivity contribution in [2.75, 3.05) is 13.2 Å². The zero-order valence-electron chi connectivity index (χ0n) is 19.0. The van der Waals surface area contributed by atoms with Gasteiger partial charge in [-0.05, 0) is 0 Å². The highest BCUT2D eigenvalue weighted by Gasteiger charge is 2.77. The van der Waals surface area contributed by atoms with E-state index in [0.717, 1.165) is 0 Å². The molecule has 0 spiro atoms. The Hall–Kier alpha value is -1.90. The van der Waals surface area contributed by atoms with Crippen LogP contribution in [0.2, 0.25) is 0 Å². The molecule has 9 nitrogen and oxygen atoms in total. The monoisotopic (exact) mass is 724 g/mol. The number of rotatable bonds is 19. The summed E-state index contributed by atoms with van der Waals surface area (Å²) in [6.45, 7) is -5.71. The Morgan fingerprint density at radius 3 is 0.773 bits per heavy atom. The lowest BCUT2D eigenvalue weighted by Crippen LogP contribution is -2.60. The van der Waals surface area contributed by atoms with Gasteiger partial charge in [-0.2, -0.15) is 70.2 Å². The first-order chi connectivity index (χ1) is 18.8. The third-order valence-corrected chi connectivity index (χ3v) is 3.17. The van der Waals surface area contributed by atoms with Gasteiger partial charge in [-0.3, -0.25) is 0 Å². The third kappa shape index (κ3) is 11.5. The molecule has 0 bridgehead atoms. The molecule has 0 aliphatic rings. The summed E-state index contributed by atoms with van der Waals surface area (Å²) < 4.78 is 298. The second kappa shape index (κ2) is 12.4. The molecule has 0 saturated heterocycles. The predicted octanol–water partition coefficient (Wildman–Crippen LogP) is 5.48. The molecule has 0 amide bonds. The highest BCUT2D eigenvalue weighted by atomic mass is 19.4. The van der Waals surface area contributed by atoms with Gasteiger partial charge in [0.2, 0.25) is 0 Å². The number of ether oxygens (including phenoxy) is 7. The highest BCUT2D eigenvalue weighted by Crippen LogP contribution is 2.51. The van der Waals surface area contributed by atoms with Crippen molar-refractivity contribution in [2.45, 2.75) is 67.8 Å². The maximum absolute atomic E-state index is 13.3. The minimum atomic E-state index is -7.91. The van der Waals surface area contributed by atoms with Crippen molar-refractivity contribution >= 4 is 0 Å². The topological polar surface area (TPSA) is 105 Å². The van der Waals surface area contributed by atoms with Crippen molar-refractivity contribution in [1.82, 2.24) is 0 Å². The van der Waals surface area contributed by atoms with E-state index in [4.69, 9.17) is 10.2 Å². The van der Waals surface area contributed by atoms with Crippen molar-refractivity contribution in [3.05, 3.63) is 0 Å². The smallest absolute Gasteiger partial charge is 0.387 e. The van der Waals surface area contributed by atoms with Crippen LogP contribution in [0, 0.1) is 0 Å². The zero-order valence-corrected chi connectivity index (χ0v) is 19.0. The largest absolute Gasteiger partial charge is 0.498 e. The molecule has 0 heterocycles. The normalized spacial score (nSPS) is 16.1. The first-order valence-corrected chi connectivity index (χ1v) is 9.10. The lowest BCUT2D eigenvalue weighted by Gasteiger charge is -2.35. The summed E-state index contributed by atoms with van der Waals surface area (Å²) in [4.78, 5) is 0. The van der Waals surface area contributed by atoms with Crippen LogP contribution in [0.5, 0.6) is 0 Å². The van der Waals surface area contributed by atoms with Crippen LogP contribution >= 0.6 is 0 Å². The average molecular weight is 724 g/mol. The molecule has 0 saturated carbocycles. The van der Waals surface area contributed by atoms with Gasteiger partial charge in [0, 0.05) is 0 Å². The lowest BCUT2D eigenvalue weighted by molar-refractivity contribution is -0.622. The standard InChI is InChI=1S/C13H6F22O9/c14-3(15,1-36)38-5(18,19)6(20,21)40-7(22,23)8(24,25)41-9(26,27)10(28,29)42-12(32,33)44-13(34,35)43-11(30,31)39-4(16,17)2-37/h36-37H,1-2H2. The molecule has 2 N–H and O–H groups in total. The number of hydrogen-bond acceptors (Lipinski definition) is 9. The molecule has 0 aromatic rings. The quantitative estimate of drug-likeness (QED) is 0.133. The van der Waals surface area contributed by atoms with Crippen LogP contribution in [0.3, 0.4) is 0 Å². The van der Waals surface area contributed by atoms with Crippen molar-refractivity contribution in [2.24, 2.45) is 0 Å². The van der Waals surface area contributed by atoms with Crippen LogP contribution in [0.4, 0.5) is 96.6 Å². The maximum Gasteiger partial charge on any atom is 0.498 e. The molecule has 0 aromatic carbocycles. The zero-order chi connectivity index (χ0) is 35.9. The fraction of sp³-hybridized carbons (Fsp3) is 1.00. The molecule has 266 valence electrons. The van der Waals surface area contributed by atoms with E-state index in [-0.39, 0.29) is 0 Å². The molecule has 0 fully saturated rings. The summed E-state index contributed by atoms with van der Waals surface area (Å²) in [5.74, 6) is 0. The van der Waals surface area contributed by atoms with Gasteiger partial charge < -0.3 is 10.2 Å². The van der Waals surface area contributed by atoms with Gasteiger partial charge in [0.15, 0.2) is 0 Å². The van der Waals surface area contributed by atoms with Crippen LogP contribution in [-0.2, 0) is 33.2 Å². The molecule has 0 aliphatic carbocycles. The summed E-state index contributed by atoms with van der Waals surface area (Å²) in [6.07, 6.45) is -78.4. The van der Waals surface area contributed by atoms with Crippen LogP contribution in [0.1, 0.15) is 0 Å². The van der Waals surface area contributed by atoms with Gasteiger partial charge in [-0.25, -0.2) is 33.2 Å². The van der Waals surface area contributed by atoms with Gasteiger partial charge in [0.1, 0.15) is 13.2 Å². The minimum absolute atomic E-state index is 1.28. The van der Waals surface area contributed by atoms with Gasteiger partial charge in [-0.1, -0.05) is 0 Å². The van der Waals surface area contributed by atoms with Gasteiger partial charge in [0.25, 0.3) is 0 Å². The molecule has 0 rings (SSSR count). The molecular weight excluding hydrogens is 718 g/mol. The fourth-order valence-corrected chi connectivity index (χ4v) is 1.59. The Morgan fingerprint density at radius 1 is 0.273 bits per heavy atom.